The molecular weight excluding hydrogens is 410 g/mol. The lowest BCUT2D eigenvalue weighted by atomic mass is 9.86. The summed E-state index contributed by atoms with van der Waals surface area (Å²) in [5.41, 5.74) is 3.87. The van der Waals surface area contributed by atoms with Gasteiger partial charge in [0.25, 0.3) is 5.91 Å². The molecule has 2 heterocycles. The van der Waals surface area contributed by atoms with Crippen molar-refractivity contribution in [2.24, 2.45) is 0 Å². The molecule has 27 heavy (non-hydrogen) atoms. The fraction of sp³-hybridized carbons (Fsp3) is 0.263. The molecule has 7 nitrogen and oxygen atoms in total. The maximum atomic E-state index is 12.9. The van der Waals surface area contributed by atoms with Gasteiger partial charge in [-0.05, 0) is 54.8 Å². The van der Waals surface area contributed by atoms with Gasteiger partial charge < -0.3 is 10.2 Å². The summed E-state index contributed by atoms with van der Waals surface area (Å²) in [7, 11) is 0. The molecule has 0 radical (unpaired) electrons. The standard InChI is InChI=1S/C19H16BrN5O2/c20-11-1-3-13-14(7-11)19(5-6-19)10-25(18(13)27)9-17(26)21-12-2-4-15-16(8-12)23-24-22-15/h1-4,7-8H,5-6,9-10H2,(H,21,26)(H,22,23,24). The van der Waals surface area contributed by atoms with Gasteiger partial charge in [0.2, 0.25) is 5.91 Å². The van der Waals surface area contributed by atoms with E-state index >= 15 is 0 Å². The van der Waals surface area contributed by atoms with Gasteiger partial charge in [0, 0.05) is 27.7 Å². The lowest BCUT2D eigenvalue weighted by Gasteiger charge is -2.34. The number of H-pyrrole nitrogens is 1. The van der Waals surface area contributed by atoms with E-state index in [2.05, 4.69) is 36.7 Å². The van der Waals surface area contributed by atoms with Crippen molar-refractivity contribution in [1.82, 2.24) is 20.3 Å². The van der Waals surface area contributed by atoms with Crippen molar-refractivity contribution in [2.75, 3.05) is 18.4 Å². The number of benzene rings is 2. The average Bonchev–Trinajstić information content (AvgIpc) is 3.26. The summed E-state index contributed by atoms with van der Waals surface area (Å²) >= 11 is 3.50. The van der Waals surface area contributed by atoms with Crippen LogP contribution in [0.1, 0.15) is 28.8 Å². The molecule has 2 amide bonds. The SMILES string of the molecule is O=C(CN1CC2(CC2)c2cc(Br)ccc2C1=O)Nc1ccc2n[nH]nc2c1. The number of aromatic nitrogens is 3. The summed E-state index contributed by atoms with van der Waals surface area (Å²) in [6.07, 6.45) is 2.09. The van der Waals surface area contributed by atoms with Crippen LogP contribution in [0.25, 0.3) is 11.0 Å². The average molecular weight is 426 g/mol. The van der Waals surface area contributed by atoms with Crippen molar-refractivity contribution in [3.63, 3.8) is 0 Å². The maximum absolute atomic E-state index is 12.9. The van der Waals surface area contributed by atoms with Crippen molar-refractivity contribution >= 4 is 44.5 Å². The maximum Gasteiger partial charge on any atom is 0.254 e. The first-order valence-corrected chi connectivity index (χ1v) is 9.53. The van der Waals surface area contributed by atoms with Crippen molar-refractivity contribution in [2.45, 2.75) is 18.3 Å². The van der Waals surface area contributed by atoms with Crippen molar-refractivity contribution in [1.29, 1.82) is 0 Å². The van der Waals surface area contributed by atoms with E-state index in [-0.39, 0.29) is 23.8 Å². The normalized spacial score (nSPS) is 17.2. The summed E-state index contributed by atoms with van der Waals surface area (Å²) in [5.74, 6) is -0.306. The van der Waals surface area contributed by atoms with E-state index in [0.717, 1.165) is 28.4 Å². The molecule has 2 aromatic carbocycles. The van der Waals surface area contributed by atoms with Gasteiger partial charge in [-0.25, -0.2) is 0 Å². The van der Waals surface area contributed by atoms with Crippen molar-refractivity contribution in [3.8, 4) is 0 Å². The van der Waals surface area contributed by atoms with E-state index in [0.29, 0.717) is 23.3 Å². The molecule has 1 aliphatic heterocycles. The van der Waals surface area contributed by atoms with E-state index in [1.165, 1.54) is 0 Å². The van der Waals surface area contributed by atoms with Crippen LogP contribution in [0.2, 0.25) is 0 Å². The van der Waals surface area contributed by atoms with Crippen LogP contribution in [0.15, 0.2) is 40.9 Å². The lowest BCUT2D eigenvalue weighted by Crippen LogP contribution is -2.46. The fourth-order valence-corrected chi connectivity index (χ4v) is 4.19. The van der Waals surface area contributed by atoms with Crippen LogP contribution >= 0.6 is 15.9 Å². The van der Waals surface area contributed by atoms with Crippen LogP contribution in [-0.2, 0) is 10.2 Å². The first-order valence-electron chi connectivity index (χ1n) is 8.74. The van der Waals surface area contributed by atoms with Crippen LogP contribution in [0.4, 0.5) is 5.69 Å². The molecule has 0 saturated heterocycles. The molecule has 2 N–H and O–H groups in total. The third-order valence-electron chi connectivity index (χ3n) is 5.35. The highest BCUT2D eigenvalue weighted by Crippen LogP contribution is 2.52. The second kappa shape index (κ2) is 5.88. The first kappa shape index (κ1) is 16.4. The molecule has 5 rings (SSSR count). The highest BCUT2D eigenvalue weighted by Gasteiger charge is 2.51. The number of hydrogen-bond donors (Lipinski definition) is 2. The minimum Gasteiger partial charge on any atom is -0.328 e. The van der Waals surface area contributed by atoms with Gasteiger partial charge in [-0.15, -0.1) is 0 Å². The quantitative estimate of drug-likeness (QED) is 0.674. The van der Waals surface area contributed by atoms with Crippen LogP contribution < -0.4 is 5.32 Å². The summed E-state index contributed by atoms with van der Waals surface area (Å²) in [5, 5.41) is 13.4. The first-order chi connectivity index (χ1) is 13.0. The molecular formula is C19H16BrN5O2. The second-order valence-electron chi connectivity index (χ2n) is 7.21. The molecule has 8 heteroatoms. The number of anilines is 1. The van der Waals surface area contributed by atoms with Crippen LogP contribution in [0.5, 0.6) is 0 Å². The predicted octanol–water partition coefficient (Wildman–Crippen LogP) is 2.85. The molecule has 0 bridgehead atoms. The number of carbonyl (C=O) groups excluding carboxylic acids is 2. The molecule has 1 aromatic heterocycles. The molecule has 0 unspecified atom stereocenters. The third kappa shape index (κ3) is 2.80. The summed E-state index contributed by atoms with van der Waals surface area (Å²) < 4.78 is 0.981. The second-order valence-corrected chi connectivity index (χ2v) is 8.12. The van der Waals surface area contributed by atoms with Crippen LogP contribution in [0.3, 0.4) is 0 Å². The Hall–Kier alpha value is -2.74. The molecule has 1 aliphatic carbocycles. The van der Waals surface area contributed by atoms with Gasteiger partial charge in [-0.1, -0.05) is 15.9 Å². The summed E-state index contributed by atoms with van der Waals surface area (Å²) in [6, 6.07) is 11.1. The number of aromatic amines is 1. The molecule has 2 aliphatic rings. The number of nitrogens with one attached hydrogen (secondary N) is 2. The summed E-state index contributed by atoms with van der Waals surface area (Å²) in [6.45, 7) is 0.623. The Morgan fingerprint density at radius 3 is 2.81 bits per heavy atom. The monoisotopic (exact) mass is 425 g/mol. The number of carbonyl (C=O) groups is 2. The number of rotatable bonds is 3. The topological polar surface area (TPSA) is 91.0 Å². The Kier molecular flexibility index (Phi) is 3.58. The zero-order valence-electron chi connectivity index (χ0n) is 14.3. The molecule has 136 valence electrons. The van der Waals surface area contributed by atoms with E-state index < -0.39 is 0 Å². The number of hydrogen-bond acceptors (Lipinski definition) is 4. The number of halogens is 1. The molecule has 1 saturated carbocycles. The summed E-state index contributed by atoms with van der Waals surface area (Å²) in [4.78, 5) is 27.1. The Balaban J connectivity index is 1.35. The van der Waals surface area contributed by atoms with Gasteiger partial charge in [0.1, 0.15) is 17.6 Å². The number of amides is 2. The Morgan fingerprint density at radius 1 is 1.19 bits per heavy atom. The van der Waals surface area contributed by atoms with Crippen molar-refractivity contribution in [3.05, 3.63) is 52.0 Å². The highest BCUT2D eigenvalue weighted by atomic mass is 79.9. The smallest absolute Gasteiger partial charge is 0.254 e. The third-order valence-corrected chi connectivity index (χ3v) is 5.85. The molecule has 3 aromatic rings. The molecule has 1 spiro atoms. The minimum absolute atomic E-state index is 0.00687. The predicted molar refractivity (Wildman–Crippen MR) is 103 cm³/mol. The zero-order chi connectivity index (χ0) is 18.6. The lowest BCUT2D eigenvalue weighted by molar-refractivity contribution is -0.117. The fourth-order valence-electron chi connectivity index (χ4n) is 3.83. The Labute approximate surface area is 163 Å². The zero-order valence-corrected chi connectivity index (χ0v) is 15.9. The van der Waals surface area contributed by atoms with E-state index in [9.17, 15) is 9.59 Å². The van der Waals surface area contributed by atoms with E-state index in [1.54, 1.807) is 23.1 Å². The van der Waals surface area contributed by atoms with Crippen LogP contribution in [0, 0.1) is 0 Å². The Bertz CT molecular complexity index is 1090. The van der Waals surface area contributed by atoms with E-state index in [4.69, 9.17) is 0 Å². The van der Waals surface area contributed by atoms with E-state index in [1.807, 2.05) is 18.2 Å². The molecule has 1 fully saturated rings. The van der Waals surface area contributed by atoms with Gasteiger partial charge in [0.15, 0.2) is 0 Å². The number of nitrogens with zero attached hydrogens (tertiary/aromatic N) is 3. The van der Waals surface area contributed by atoms with Gasteiger partial charge in [-0.2, -0.15) is 15.4 Å². The minimum atomic E-state index is -0.220. The Morgan fingerprint density at radius 2 is 2.00 bits per heavy atom. The van der Waals surface area contributed by atoms with Gasteiger partial charge in [-0.3, -0.25) is 9.59 Å². The highest BCUT2D eigenvalue weighted by molar-refractivity contribution is 9.10. The molecule has 0 atom stereocenters. The van der Waals surface area contributed by atoms with Crippen molar-refractivity contribution < 1.29 is 9.59 Å². The largest absolute Gasteiger partial charge is 0.328 e. The van der Waals surface area contributed by atoms with Gasteiger partial charge >= 0.3 is 0 Å². The van der Waals surface area contributed by atoms with Crippen LogP contribution in [-0.4, -0.2) is 45.2 Å². The van der Waals surface area contributed by atoms with Gasteiger partial charge in [0.05, 0.1) is 0 Å². The number of fused-ring (bicyclic) bond motifs is 3.